The normalized spacial score (nSPS) is 28.3. The number of aromatic nitrogens is 2. The second-order valence-electron chi connectivity index (χ2n) is 6.75. The highest BCUT2D eigenvalue weighted by molar-refractivity contribution is 7.86. The number of imidazole rings is 1. The standard InChI is InChI=1S/C15H27N5O3S/c1-13-9-20(10-14(2)23-13)24(21,22)19-6-4-18(5-7-19)11-15-8-16-12-17(15)3/h8,12-14H,4-7,9-11H2,1-3H3. The van der Waals surface area contributed by atoms with Crippen LogP contribution in [-0.2, 0) is 28.5 Å². The molecule has 24 heavy (non-hydrogen) atoms. The van der Waals surface area contributed by atoms with E-state index in [4.69, 9.17) is 4.74 Å². The molecule has 2 atom stereocenters. The summed E-state index contributed by atoms with van der Waals surface area (Å²) < 4.78 is 36.6. The van der Waals surface area contributed by atoms with Gasteiger partial charge < -0.3 is 9.30 Å². The Balaban J connectivity index is 1.58. The average Bonchev–Trinajstić information content (AvgIpc) is 2.92. The van der Waals surface area contributed by atoms with Gasteiger partial charge in [-0.1, -0.05) is 0 Å². The molecule has 0 aromatic carbocycles. The van der Waals surface area contributed by atoms with Crippen LogP contribution in [0.4, 0.5) is 0 Å². The summed E-state index contributed by atoms with van der Waals surface area (Å²) in [6.07, 6.45) is 3.53. The molecule has 3 rings (SSSR count). The molecule has 2 aliphatic heterocycles. The van der Waals surface area contributed by atoms with E-state index in [0.29, 0.717) is 26.2 Å². The third-order valence-corrected chi connectivity index (χ3v) is 6.64. The molecule has 136 valence electrons. The quantitative estimate of drug-likeness (QED) is 0.752. The summed E-state index contributed by atoms with van der Waals surface area (Å²) in [7, 11) is -1.43. The molecule has 2 unspecified atom stereocenters. The van der Waals surface area contributed by atoms with E-state index in [-0.39, 0.29) is 12.2 Å². The van der Waals surface area contributed by atoms with Crippen LogP contribution in [0.1, 0.15) is 19.5 Å². The summed E-state index contributed by atoms with van der Waals surface area (Å²) in [5, 5.41) is 0. The van der Waals surface area contributed by atoms with Crippen molar-refractivity contribution in [1.82, 2.24) is 23.1 Å². The fourth-order valence-electron chi connectivity index (χ4n) is 3.37. The lowest BCUT2D eigenvalue weighted by Gasteiger charge is -2.40. The van der Waals surface area contributed by atoms with E-state index in [1.165, 1.54) is 0 Å². The number of ether oxygens (including phenoxy) is 1. The van der Waals surface area contributed by atoms with E-state index < -0.39 is 10.2 Å². The van der Waals surface area contributed by atoms with Crippen LogP contribution in [0.2, 0.25) is 0 Å². The molecule has 2 saturated heterocycles. The molecule has 8 nitrogen and oxygen atoms in total. The molecule has 0 bridgehead atoms. The number of hydrogen-bond acceptors (Lipinski definition) is 5. The molecule has 0 saturated carbocycles. The molecule has 1 aromatic rings. The molecule has 2 fully saturated rings. The van der Waals surface area contributed by atoms with Crippen molar-refractivity contribution in [2.24, 2.45) is 7.05 Å². The van der Waals surface area contributed by atoms with Crippen LogP contribution in [0.15, 0.2) is 12.5 Å². The molecule has 0 N–H and O–H groups in total. The number of morpholine rings is 1. The van der Waals surface area contributed by atoms with Gasteiger partial charge in [0, 0.05) is 59.1 Å². The van der Waals surface area contributed by atoms with Gasteiger partial charge in [0.1, 0.15) is 0 Å². The Morgan fingerprint density at radius 3 is 2.29 bits per heavy atom. The largest absolute Gasteiger partial charge is 0.373 e. The smallest absolute Gasteiger partial charge is 0.282 e. The predicted octanol–water partition coefficient (Wildman–Crippen LogP) is -0.108. The molecule has 0 radical (unpaired) electrons. The number of aryl methyl sites for hydroxylation is 1. The van der Waals surface area contributed by atoms with E-state index in [0.717, 1.165) is 25.3 Å². The highest BCUT2D eigenvalue weighted by atomic mass is 32.2. The first-order chi connectivity index (χ1) is 11.4. The van der Waals surface area contributed by atoms with Gasteiger partial charge in [-0.3, -0.25) is 4.90 Å². The number of rotatable bonds is 4. The summed E-state index contributed by atoms with van der Waals surface area (Å²) in [4.78, 5) is 6.40. The predicted molar refractivity (Wildman–Crippen MR) is 90.6 cm³/mol. The first-order valence-corrected chi connectivity index (χ1v) is 9.84. The van der Waals surface area contributed by atoms with Crippen molar-refractivity contribution in [1.29, 1.82) is 0 Å². The fraction of sp³-hybridized carbons (Fsp3) is 0.800. The molecule has 0 spiro atoms. The molecule has 0 aliphatic carbocycles. The Hall–Kier alpha value is -1.00. The van der Waals surface area contributed by atoms with Crippen LogP contribution in [0.5, 0.6) is 0 Å². The second kappa shape index (κ2) is 7.09. The van der Waals surface area contributed by atoms with Gasteiger partial charge in [0.25, 0.3) is 10.2 Å². The number of nitrogens with zero attached hydrogens (tertiary/aromatic N) is 5. The van der Waals surface area contributed by atoms with Gasteiger partial charge in [-0.15, -0.1) is 0 Å². The van der Waals surface area contributed by atoms with Gasteiger partial charge in [-0.25, -0.2) is 4.98 Å². The third-order valence-electron chi connectivity index (χ3n) is 4.67. The van der Waals surface area contributed by atoms with Crippen molar-refractivity contribution in [3.8, 4) is 0 Å². The Morgan fingerprint density at radius 1 is 1.12 bits per heavy atom. The number of hydrogen-bond donors (Lipinski definition) is 0. The molecule has 1 aromatic heterocycles. The average molecular weight is 357 g/mol. The van der Waals surface area contributed by atoms with Crippen molar-refractivity contribution in [3.63, 3.8) is 0 Å². The summed E-state index contributed by atoms with van der Waals surface area (Å²) in [6.45, 7) is 8.04. The van der Waals surface area contributed by atoms with Gasteiger partial charge in [0.05, 0.1) is 24.2 Å². The topological polar surface area (TPSA) is 70.9 Å². The maximum atomic E-state index is 12.9. The lowest BCUT2D eigenvalue weighted by atomic mass is 10.3. The van der Waals surface area contributed by atoms with E-state index in [2.05, 4.69) is 9.88 Å². The van der Waals surface area contributed by atoms with Gasteiger partial charge in [0.2, 0.25) is 0 Å². The molecule has 9 heteroatoms. The van der Waals surface area contributed by atoms with E-state index in [1.54, 1.807) is 14.9 Å². The van der Waals surface area contributed by atoms with Crippen LogP contribution in [0.3, 0.4) is 0 Å². The van der Waals surface area contributed by atoms with Crippen LogP contribution in [0, 0.1) is 0 Å². The van der Waals surface area contributed by atoms with Crippen molar-refractivity contribution in [3.05, 3.63) is 18.2 Å². The molecule has 2 aliphatic rings. The Labute approximate surface area is 144 Å². The summed E-state index contributed by atoms with van der Waals surface area (Å²) in [6, 6.07) is 0. The summed E-state index contributed by atoms with van der Waals surface area (Å²) in [5.41, 5.74) is 1.14. The van der Waals surface area contributed by atoms with Gasteiger partial charge in [0.15, 0.2) is 0 Å². The highest BCUT2D eigenvalue weighted by Crippen LogP contribution is 2.19. The van der Waals surface area contributed by atoms with E-state index >= 15 is 0 Å². The lowest BCUT2D eigenvalue weighted by Crippen LogP contribution is -2.57. The maximum Gasteiger partial charge on any atom is 0.282 e. The first-order valence-electron chi connectivity index (χ1n) is 8.44. The minimum atomic E-state index is -3.40. The Morgan fingerprint density at radius 2 is 1.75 bits per heavy atom. The summed E-state index contributed by atoms with van der Waals surface area (Å²) in [5.74, 6) is 0. The fourth-order valence-corrected chi connectivity index (χ4v) is 5.11. The zero-order valence-electron chi connectivity index (χ0n) is 14.6. The lowest BCUT2D eigenvalue weighted by molar-refractivity contribution is -0.0457. The first kappa shape index (κ1) is 17.8. The van der Waals surface area contributed by atoms with Crippen LogP contribution in [0.25, 0.3) is 0 Å². The van der Waals surface area contributed by atoms with Gasteiger partial charge in [-0.2, -0.15) is 17.0 Å². The molecular formula is C15H27N5O3S. The van der Waals surface area contributed by atoms with Crippen LogP contribution in [-0.4, -0.2) is 83.0 Å². The highest BCUT2D eigenvalue weighted by Gasteiger charge is 2.36. The number of piperazine rings is 1. The van der Waals surface area contributed by atoms with E-state index in [1.807, 2.05) is 31.7 Å². The minimum absolute atomic E-state index is 0.0605. The van der Waals surface area contributed by atoms with Crippen molar-refractivity contribution < 1.29 is 13.2 Å². The Bertz CT molecular complexity index is 644. The SMILES string of the molecule is CC1CN(S(=O)(=O)N2CCN(Cc3cncn3C)CC2)CC(C)O1. The maximum absolute atomic E-state index is 12.9. The monoisotopic (exact) mass is 357 g/mol. The third kappa shape index (κ3) is 3.80. The molecule has 0 amide bonds. The second-order valence-corrected chi connectivity index (χ2v) is 8.68. The van der Waals surface area contributed by atoms with Gasteiger partial charge >= 0.3 is 0 Å². The van der Waals surface area contributed by atoms with Gasteiger partial charge in [-0.05, 0) is 13.8 Å². The molecule has 3 heterocycles. The van der Waals surface area contributed by atoms with Crippen LogP contribution >= 0.6 is 0 Å². The zero-order chi connectivity index (χ0) is 17.3. The Kier molecular flexibility index (Phi) is 5.26. The van der Waals surface area contributed by atoms with E-state index in [9.17, 15) is 8.42 Å². The van der Waals surface area contributed by atoms with Crippen LogP contribution < -0.4 is 0 Å². The van der Waals surface area contributed by atoms with Crippen molar-refractivity contribution >= 4 is 10.2 Å². The van der Waals surface area contributed by atoms with Crippen molar-refractivity contribution in [2.75, 3.05) is 39.3 Å². The summed E-state index contributed by atoms with van der Waals surface area (Å²) >= 11 is 0. The van der Waals surface area contributed by atoms with Crippen molar-refractivity contribution in [2.45, 2.75) is 32.6 Å². The minimum Gasteiger partial charge on any atom is -0.373 e. The zero-order valence-corrected chi connectivity index (χ0v) is 15.4. The molecular weight excluding hydrogens is 330 g/mol.